The van der Waals surface area contributed by atoms with E-state index in [4.69, 9.17) is 9.97 Å². The van der Waals surface area contributed by atoms with Crippen LogP contribution in [-0.2, 0) is 0 Å². The highest BCUT2D eigenvalue weighted by atomic mass is 15.2. The molecule has 0 saturated heterocycles. The van der Waals surface area contributed by atoms with Crippen LogP contribution in [0, 0.1) is 6.92 Å². The number of hydrogen-bond donors (Lipinski definition) is 0. The smallest absolute Gasteiger partial charge is 0.236 e. The van der Waals surface area contributed by atoms with Crippen LogP contribution in [0.4, 0.5) is 0 Å². The Hall–Kier alpha value is -5.55. The summed E-state index contributed by atoms with van der Waals surface area (Å²) in [6.07, 6.45) is 1.80. The Balaban J connectivity index is 1.54. The molecular formula is C36H21N5. The van der Waals surface area contributed by atoms with Gasteiger partial charge in [-0.3, -0.25) is 4.57 Å². The van der Waals surface area contributed by atoms with E-state index in [1.54, 1.807) is 6.20 Å². The number of aromatic nitrogens is 5. The molecule has 5 aromatic carbocycles. The minimum absolute atomic E-state index is 0.646. The Morgan fingerprint density at radius 2 is 1.24 bits per heavy atom. The van der Waals surface area contributed by atoms with Gasteiger partial charge in [0.25, 0.3) is 0 Å². The Bertz CT molecular complexity index is 2710. The SMILES string of the molecule is Cc1nc(-n2c3ccccc3c3cc4c5ccccc5n5c6c7ccccc7ccc6c(c32)c45)nc2ncccc12. The van der Waals surface area contributed by atoms with Gasteiger partial charge in [-0.05, 0) is 42.6 Å². The topological polar surface area (TPSA) is 48.0 Å². The molecule has 0 fully saturated rings. The number of pyridine rings is 1. The molecule has 0 aliphatic carbocycles. The zero-order chi connectivity index (χ0) is 26.8. The van der Waals surface area contributed by atoms with Gasteiger partial charge in [-0.25, -0.2) is 9.97 Å². The summed E-state index contributed by atoms with van der Waals surface area (Å²) in [6.45, 7) is 2.04. The normalized spacial score (nSPS) is 12.5. The molecule has 10 aromatic rings. The number of nitrogens with zero attached hydrogens (tertiary/aromatic N) is 5. The molecule has 0 radical (unpaired) electrons. The number of hydrogen-bond acceptors (Lipinski definition) is 3. The van der Waals surface area contributed by atoms with E-state index in [9.17, 15) is 0 Å². The van der Waals surface area contributed by atoms with Crippen molar-refractivity contribution in [3.63, 3.8) is 0 Å². The van der Waals surface area contributed by atoms with Gasteiger partial charge in [0.15, 0.2) is 5.65 Å². The van der Waals surface area contributed by atoms with Crippen molar-refractivity contribution in [2.45, 2.75) is 6.92 Å². The lowest BCUT2D eigenvalue weighted by atomic mass is 10.0. The van der Waals surface area contributed by atoms with Crippen LogP contribution in [0.3, 0.4) is 0 Å². The summed E-state index contributed by atoms with van der Waals surface area (Å²) < 4.78 is 4.74. The molecule has 5 heteroatoms. The average Bonchev–Trinajstić information content (AvgIpc) is 3.65. The van der Waals surface area contributed by atoms with Gasteiger partial charge >= 0.3 is 0 Å². The Labute approximate surface area is 233 Å². The van der Waals surface area contributed by atoms with Crippen molar-refractivity contribution in [3.8, 4) is 5.95 Å². The van der Waals surface area contributed by atoms with Crippen LogP contribution in [0.15, 0.2) is 109 Å². The van der Waals surface area contributed by atoms with E-state index in [0.717, 1.165) is 22.1 Å². The number of para-hydroxylation sites is 2. The van der Waals surface area contributed by atoms with Crippen LogP contribution in [0.5, 0.6) is 0 Å². The first kappa shape index (κ1) is 21.3. The highest BCUT2D eigenvalue weighted by Gasteiger charge is 2.25. The van der Waals surface area contributed by atoms with E-state index in [0.29, 0.717) is 11.6 Å². The van der Waals surface area contributed by atoms with Crippen molar-refractivity contribution in [2.75, 3.05) is 0 Å². The van der Waals surface area contributed by atoms with Crippen LogP contribution in [0.2, 0.25) is 0 Å². The van der Waals surface area contributed by atoms with Crippen LogP contribution in [0.1, 0.15) is 5.69 Å². The molecule has 41 heavy (non-hydrogen) atoms. The molecule has 5 heterocycles. The van der Waals surface area contributed by atoms with Crippen molar-refractivity contribution < 1.29 is 0 Å². The highest BCUT2D eigenvalue weighted by Crippen LogP contribution is 2.47. The van der Waals surface area contributed by atoms with E-state index >= 15 is 0 Å². The van der Waals surface area contributed by atoms with Crippen molar-refractivity contribution in [1.82, 2.24) is 23.9 Å². The fourth-order valence-electron chi connectivity index (χ4n) is 7.16. The molecular weight excluding hydrogens is 502 g/mol. The highest BCUT2D eigenvalue weighted by molar-refractivity contribution is 6.36. The fourth-order valence-corrected chi connectivity index (χ4v) is 7.16. The molecule has 0 amide bonds. The molecule has 0 N–H and O–H groups in total. The second kappa shape index (κ2) is 7.34. The summed E-state index contributed by atoms with van der Waals surface area (Å²) >= 11 is 0. The van der Waals surface area contributed by atoms with E-state index in [1.165, 1.54) is 59.6 Å². The molecule has 0 atom stereocenters. The third-order valence-corrected chi connectivity index (χ3v) is 8.83. The minimum Gasteiger partial charge on any atom is -0.307 e. The average molecular weight is 524 g/mol. The molecule has 0 unspecified atom stereocenters. The zero-order valence-electron chi connectivity index (χ0n) is 22.1. The molecule has 0 saturated carbocycles. The van der Waals surface area contributed by atoms with Gasteiger partial charge in [0.1, 0.15) is 0 Å². The standard InChI is InChI=1S/C36H21N5/c1-20-22-13-8-18-37-35(22)39-36(38-20)41-30-15-7-5-12-25(30)28-19-27-24-11-4-6-14-29(24)40-32-23-10-3-2-9-21(23)16-17-26(32)31(33(27)40)34(28)41/h2-19H,1H3. The largest absolute Gasteiger partial charge is 0.307 e. The summed E-state index contributed by atoms with van der Waals surface area (Å²) in [7, 11) is 0. The van der Waals surface area contributed by atoms with Crippen LogP contribution in [-0.4, -0.2) is 23.9 Å². The molecule has 5 nitrogen and oxygen atoms in total. The predicted octanol–water partition coefficient (Wildman–Crippen LogP) is 8.73. The van der Waals surface area contributed by atoms with Gasteiger partial charge in [-0.2, -0.15) is 4.98 Å². The van der Waals surface area contributed by atoms with Gasteiger partial charge in [0.2, 0.25) is 5.95 Å². The Morgan fingerprint density at radius 3 is 2.12 bits per heavy atom. The van der Waals surface area contributed by atoms with Gasteiger partial charge in [-0.15, -0.1) is 0 Å². The maximum Gasteiger partial charge on any atom is 0.236 e. The van der Waals surface area contributed by atoms with Crippen molar-refractivity contribution in [2.24, 2.45) is 0 Å². The van der Waals surface area contributed by atoms with Crippen LogP contribution >= 0.6 is 0 Å². The maximum absolute atomic E-state index is 5.07. The van der Waals surface area contributed by atoms with Crippen molar-refractivity contribution >= 4 is 81.7 Å². The third kappa shape index (κ3) is 2.54. The molecule has 0 bridgehead atoms. The Kier molecular flexibility index (Phi) is 3.81. The second-order valence-electron chi connectivity index (χ2n) is 10.9. The maximum atomic E-state index is 5.07. The van der Waals surface area contributed by atoms with E-state index in [1.807, 2.05) is 19.1 Å². The van der Waals surface area contributed by atoms with Crippen molar-refractivity contribution in [3.05, 3.63) is 115 Å². The fraction of sp³-hybridized carbons (Fsp3) is 0.0278. The van der Waals surface area contributed by atoms with Crippen LogP contribution in [0.25, 0.3) is 87.7 Å². The lowest BCUT2D eigenvalue weighted by Gasteiger charge is -2.10. The van der Waals surface area contributed by atoms with E-state index < -0.39 is 0 Å². The Morgan fingerprint density at radius 1 is 0.537 bits per heavy atom. The minimum atomic E-state index is 0.646. The zero-order valence-corrected chi connectivity index (χ0v) is 22.1. The predicted molar refractivity (Wildman–Crippen MR) is 169 cm³/mol. The number of rotatable bonds is 1. The summed E-state index contributed by atoms with van der Waals surface area (Å²) in [6, 6.07) is 37.0. The van der Waals surface area contributed by atoms with Gasteiger partial charge in [-0.1, -0.05) is 72.8 Å². The number of fused-ring (bicyclic) bond motifs is 13. The second-order valence-corrected chi connectivity index (χ2v) is 10.9. The van der Waals surface area contributed by atoms with Gasteiger partial charge in [0, 0.05) is 49.3 Å². The van der Waals surface area contributed by atoms with Crippen LogP contribution < -0.4 is 0 Å². The number of benzene rings is 5. The van der Waals surface area contributed by atoms with Gasteiger partial charge in [0.05, 0.1) is 33.3 Å². The first-order valence-electron chi connectivity index (χ1n) is 13.9. The lowest BCUT2D eigenvalue weighted by molar-refractivity contribution is 0.983. The lowest BCUT2D eigenvalue weighted by Crippen LogP contribution is -2.04. The van der Waals surface area contributed by atoms with Crippen molar-refractivity contribution in [1.29, 1.82) is 0 Å². The first-order chi connectivity index (χ1) is 20.3. The van der Waals surface area contributed by atoms with Gasteiger partial charge < -0.3 is 4.40 Å². The summed E-state index contributed by atoms with van der Waals surface area (Å²) in [4.78, 5) is 14.7. The quantitative estimate of drug-likeness (QED) is 0.216. The molecule has 0 aliphatic rings. The number of aryl methyl sites for hydroxylation is 1. The first-order valence-corrected chi connectivity index (χ1v) is 13.9. The van der Waals surface area contributed by atoms with E-state index in [-0.39, 0.29) is 0 Å². The molecule has 0 aliphatic heterocycles. The molecule has 190 valence electrons. The van der Waals surface area contributed by atoms with E-state index in [2.05, 4.69) is 105 Å². The monoisotopic (exact) mass is 523 g/mol. The summed E-state index contributed by atoms with van der Waals surface area (Å²) in [5.74, 6) is 0.646. The third-order valence-electron chi connectivity index (χ3n) is 8.83. The molecule has 10 rings (SSSR count). The molecule has 5 aromatic heterocycles. The summed E-state index contributed by atoms with van der Waals surface area (Å²) in [5, 5.41) is 10.9. The summed E-state index contributed by atoms with van der Waals surface area (Å²) in [5.41, 5.74) is 7.55. The molecule has 0 spiro atoms.